The zero-order chi connectivity index (χ0) is 12.6. The Kier molecular flexibility index (Phi) is 4.42. The number of ether oxygens (including phenoxy) is 1. The number of rotatable bonds is 5. The molecule has 0 saturated carbocycles. The zero-order valence-electron chi connectivity index (χ0n) is 10.5. The monoisotopic (exact) mass is 239 g/mol. The summed E-state index contributed by atoms with van der Waals surface area (Å²) >= 11 is 0. The summed E-state index contributed by atoms with van der Waals surface area (Å²) in [5.41, 5.74) is 2.28. The fourth-order valence-corrected chi connectivity index (χ4v) is 1.67. The van der Waals surface area contributed by atoms with Crippen LogP contribution in [0.5, 0.6) is 5.75 Å². The van der Waals surface area contributed by atoms with Crippen molar-refractivity contribution in [3.63, 3.8) is 0 Å². The van der Waals surface area contributed by atoms with Crippen molar-refractivity contribution in [1.29, 1.82) is 0 Å². The molecule has 0 bridgehead atoms. The predicted molar refractivity (Wildman–Crippen MR) is 77.0 cm³/mol. The third-order valence-electron chi connectivity index (χ3n) is 2.60. The first-order valence-corrected chi connectivity index (χ1v) is 5.98. The van der Waals surface area contributed by atoms with Gasteiger partial charge in [-0.05, 0) is 17.7 Å². The molecule has 0 saturated heterocycles. The molecule has 2 rings (SSSR count). The SMILES string of the molecule is COc1cccc(NC/C=C/c2ccccc2)c1. The highest BCUT2D eigenvalue weighted by atomic mass is 16.5. The molecule has 0 fully saturated rings. The molecular weight excluding hydrogens is 222 g/mol. The van der Waals surface area contributed by atoms with Crippen LogP contribution in [0.3, 0.4) is 0 Å². The van der Waals surface area contributed by atoms with Crippen molar-refractivity contribution in [3.05, 3.63) is 66.2 Å². The number of nitrogens with one attached hydrogen (secondary N) is 1. The fourth-order valence-electron chi connectivity index (χ4n) is 1.67. The van der Waals surface area contributed by atoms with Crippen molar-refractivity contribution >= 4 is 11.8 Å². The average molecular weight is 239 g/mol. The maximum atomic E-state index is 5.17. The van der Waals surface area contributed by atoms with Gasteiger partial charge in [0.05, 0.1) is 7.11 Å². The molecule has 0 aliphatic rings. The van der Waals surface area contributed by atoms with Crippen LogP contribution in [-0.4, -0.2) is 13.7 Å². The topological polar surface area (TPSA) is 21.3 Å². The highest BCUT2D eigenvalue weighted by Crippen LogP contribution is 2.16. The Labute approximate surface area is 108 Å². The molecule has 1 N–H and O–H groups in total. The zero-order valence-corrected chi connectivity index (χ0v) is 10.5. The Morgan fingerprint density at radius 1 is 1.06 bits per heavy atom. The molecule has 18 heavy (non-hydrogen) atoms. The van der Waals surface area contributed by atoms with Crippen molar-refractivity contribution in [2.75, 3.05) is 19.0 Å². The van der Waals surface area contributed by atoms with Gasteiger partial charge in [-0.3, -0.25) is 0 Å². The lowest BCUT2D eigenvalue weighted by molar-refractivity contribution is 0.415. The van der Waals surface area contributed by atoms with E-state index < -0.39 is 0 Å². The van der Waals surface area contributed by atoms with Crippen LogP contribution in [0, 0.1) is 0 Å². The van der Waals surface area contributed by atoms with Gasteiger partial charge in [0, 0.05) is 18.3 Å². The van der Waals surface area contributed by atoms with Crippen molar-refractivity contribution in [3.8, 4) is 5.75 Å². The van der Waals surface area contributed by atoms with E-state index in [-0.39, 0.29) is 0 Å². The molecule has 92 valence electrons. The molecule has 0 aromatic heterocycles. The highest BCUT2D eigenvalue weighted by molar-refractivity contribution is 5.52. The Morgan fingerprint density at radius 2 is 1.89 bits per heavy atom. The number of anilines is 1. The quantitative estimate of drug-likeness (QED) is 0.856. The van der Waals surface area contributed by atoms with Crippen LogP contribution in [0.1, 0.15) is 5.56 Å². The molecule has 2 nitrogen and oxygen atoms in total. The van der Waals surface area contributed by atoms with Gasteiger partial charge in [0.2, 0.25) is 0 Å². The summed E-state index contributed by atoms with van der Waals surface area (Å²) in [6.45, 7) is 0.794. The summed E-state index contributed by atoms with van der Waals surface area (Å²) in [5, 5.41) is 3.32. The molecule has 0 unspecified atom stereocenters. The van der Waals surface area contributed by atoms with E-state index in [0.717, 1.165) is 18.0 Å². The highest BCUT2D eigenvalue weighted by Gasteiger charge is 1.92. The molecule has 2 aromatic rings. The third-order valence-corrected chi connectivity index (χ3v) is 2.60. The summed E-state index contributed by atoms with van der Waals surface area (Å²) in [6, 6.07) is 18.2. The van der Waals surface area contributed by atoms with Gasteiger partial charge in [-0.15, -0.1) is 0 Å². The summed E-state index contributed by atoms with van der Waals surface area (Å²) in [7, 11) is 1.68. The van der Waals surface area contributed by atoms with Gasteiger partial charge >= 0.3 is 0 Å². The first-order valence-electron chi connectivity index (χ1n) is 5.98. The van der Waals surface area contributed by atoms with E-state index in [2.05, 4.69) is 29.6 Å². The average Bonchev–Trinajstić information content (AvgIpc) is 2.45. The Balaban J connectivity index is 1.86. The molecule has 0 spiro atoms. The van der Waals surface area contributed by atoms with Gasteiger partial charge in [0.15, 0.2) is 0 Å². The van der Waals surface area contributed by atoms with Gasteiger partial charge < -0.3 is 10.1 Å². The predicted octanol–water partition coefficient (Wildman–Crippen LogP) is 3.82. The van der Waals surface area contributed by atoms with Crippen molar-refractivity contribution in [2.24, 2.45) is 0 Å². The van der Waals surface area contributed by atoms with Gasteiger partial charge in [-0.25, -0.2) is 0 Å². The molecule has 0 aliphatic heterocycles. The molecule has 2 aromatic carbocycles. The summed E-state index contributed by atoms with van der Waals surface area (Å²) < 4.78 is 5.17. The minimum Gasteiger partial charge on any atom is -0.497 e. The van der Waals surface area contributed by atoms with Crippen molar-refractivity contribution < 1.29 is 4.74 Å². The largest absolute Gasteiger partial charge is 0.497 e. The van der Waals surface area contributed by atoms with Crippen LogP contribution in [-0.2, 0) is 0 Å². The lowest BCUT2D eigenvalue weighted by Gasteiger charge is -2.05. The minimum atomic E-state index is 0.794. The summed E-state index contributed by atoms with van der Waals surface area (Å²) in [6.07, 6.45) is 4.21. The van der Waals surface area contributed by atoms with E-state index in [4.69, 9.17) is 4.74 Å². The fraction of sp³-hybridized carbons (Fsp3) is 0.125. The second-order valence-electron chi connectivity index (χ2n) is 3.93. The first kappa shape index (κ1) is 12.2. The van der Waals surface area contributed by atoms with E-state index in [0.29, 0.717) is 0 Å². The lowest BCUT2D eigenvalue weighted by Crippen LogP contribution is -1.98. The molecule has 0 atom stereocenters. The molecular formula is C16H17NO. The minimum absolute atomic E-state index is 0.794. The van der Waals surface area contributed by atoms with Gasteiger partial charge in [0.25, 0.3) is 0 Å². The van der Waals surface area contributed by atoms with Gasteiger partial charge in [-0.1, -0.05) is 48.6 Å². The Hall–Kier alpha value is -2.22. The Bertz CT molecular complexity index is 506. The van der Waals surface area contributed by atoms with Crippen LogP contribution in [0.25, 0.3) is 6.08 Å². The second kappa shape index (κ2) is 6.50. The van der Waals surface area contributed by atoms with E-state index in [1.807, 2.05) is 42.5 Å². The molecule has 2 heteroatoms. The van der Waals surface area contributed by atoms with Crippen LogP contribution >= 0.6 is 0 Å². The number of benzene rings is 2. The van der Waals surface area contributed by atoms with Crippen molar-refractivity contribution in [2.45, 2.75) is 0 Å². The van der Waals surface area contributed by atoms with E-state index in [1.54, 1.807) is 7.11 Å². The lowest BCUT2D eigenvalue weighted by atomic mass is 10.2. The normalized spacial score (nSPS) is 10.5. The third kappa shape index (κ3) is 3.67. The molecule has 0 amide bonds. The maximum absolute atomic E-state index is 5.17. The maximum Gasteiger partial charge on any atom is 0.120 e. The first-order chi connectivity index (χ1) is 8.88. The van der Waals surface area contributed by atoms with E-state index in [1.165, 1.54) is 5.56 Å². The van der Waals surface area contributed by atoms with Crippen LogP contribution in [0.2, 0.25) is 0 Å². The number of hydrogen-bond donors (Lipinski definition) is 1. The van der Waals surface area contributed by atoms with Crippen LogP contribution < -0.4 is 10.1 Å². The summed E-state index contributed by atoms with van der Waals surface area (Å²) in [5.74, 6) is 0.868. The van der Waals surface area contributed by atoms with Gasteiger partial charge in [-0.2, -0.15) is 0 Å². The van der Waals surface area contributed by atoms with Crippen molar-refractivity contribution in [1.82, 2.24) is 0 Å². The van der Waals surface area contributed by atoms with Crippen LogP contribution in [0.4, 0.5) is 5.69 Å². The van der Waals surface area contributed by atoms with E-state index >= 15 is 0 Å². The number of hydrogen-bond acceptors (Lipinski definition) is 2. The van der Waals surface area contributed by atoms with Crippen LogP contribution in [0.15, 0.2) is 60.7 Å². The van der Waals surface area contributed by atoms with E-state index in [9.17, 15) is 0 Å². The number of methoxy groups -OCH3 is 1. The second-order valence-corrected chi connectivity index (χ2v) is 3.93. The standard InChI is InChI=1S/C16H17NO/c1-18-16-11-5-10-15(13-16)17-12-6-9-14-7-3-2-4-8-14/h2-11,13,17H,12H2,1H3/b9-6+. The molecule has 0 radical (unpaired) electrons. The summed E-state index contributed by atoms with van der Waals surface area (Å²) in [4.78, 5) is 0. The Morgan fingerprint density at radius 3 is 2.67 bits per heavy atom. The smallest absolute Gasteiger partial charge is 0.120 e. The molecule has 0 aliphatic carbocycles. The molecule has 0 heterocycles. The van der Waals surface area contributed by atoms with Gasteiger partial charge in [0.1, 0.15) is 5.75 Å².